The molecule has 5 heteroatoms. The number of benzene rings is 6. The van der Waals surface area contributed by atoms with Crippen LogP contribution in [-0.4, -0.2) is 14.5 Å². The van der Waals surface area contributed by atoms with Crippen LogP contribution in [0, 0.1) is 12.1 Å². The normalized spacial score (nSPS) is 13.0. The van der Waals surface area contributed by atoms with E-state index >= 15 is 0 Å². The Bertz CT molecular complexity index is 2770. The van der Waals surface area contributed by atoms with Gasteiger partial charge >= 0.3 is 0 Å². The van der Waals surface area contributed by atoms with Crippen LogP contribution in [0.5, 0.6) is 0 Å². The predicted molar refractivity (Wildman–Crippen MR) is 248 cm³/mol. The van der Waals surface area contributed by atoms with Crippen molar-refractivity contribution in [1.29, 1.82) is 0 Å². The van der Waals surface area contributed by atoms with E-state index in [0.717, 1.165) is 67.1 Å². The Morgan fingerprint density at radius 3 is 2.05 bits per heavy atom. The van der Waals surface area contributed by atoms with Gasteiger partial charge < -0.3 is 14.0 Å². The maximum atomic E-state index is 6.69. The van der Waals surface area contributed by atoms with E-state index in [-0.39, 0.29) is 20.1 Å². The Labute approximate surface area is 374 Å². The summed E-state index contributed by atoms with van der Waals surface area (Å²) in [6, 6.07) is 59.9. The fourth-order valence-electron chi connectivity index (χ4n) is 8.80. The summed E-state index contributed by atoms with van der Waals surface area (Å²) in [4.78, 5) is 9.56. The molecule has 0 N–H and O–H groups in total. The SMILES string of the molecule is CC(C)c1cccc(C(C)C)c1-n1c(-c2[c-]c3cc(-c4ccccc4)oc3c(-c3ccc(C4CCCCC4)cc3)c2)nc2ccccc21.[Ir].[c-]1ccccc1-c1ccccn1. The Balaban J connectivity index is 0.000000340. The number of hydrogen-bond donors (Lipinski definition) is 0. The quantitative estimate of drug-likeness (QED) is 0.143. The van der Waals surface area contributed by atoms with Gasteiger partial charge in [-0.1, -0.05) is 161 Å². The van der Waals surface area contributed by atoms with Crippen molar-refractivity contribution in [2.45, 2.75) is 77.6 Å². The zero-order valence-electron chi connectivity index (χ0n) is 35.4. The van der Waals surface area contributed by atoms with Gasteiger partial charge in [0.15, 0.2) is 0 Å². The van der Waals surface area contributed by atoms with Gasteiger partial charge in [0.05, 0.1) is 28.2 Å². The predicted octanol–water partition coefficient (Wildman–Crippen LogP) is 15.4. The van der Waals surface area contributed by atoms with Gasteiger partial charge in [0.25, 0.3) is 0 Å². The van der Waals surface area contributed by atoms with Gasteiger partial charge in [-0.15, -0.1) is 48.0 Å². The van der Waals surface area contributed by atoms with Gasteiger partial charge in [-0.3, -0.25) is 4.98 Å². The number of rotatable bonds is 8. The monoisotopic (exact) mass is 974 g/mol. The zero-order valence-corrected chi connectivity index (χ0v) is 37.8. The van der Waals surface area contributed by atoms with Gasteiger partial charge in [-0.25, -0.2) is 0 Å². The molecule has 0 bridgehead atoms. The molecule has 307 valence electrons. The first-order chi connectivity index (χ1) is 29.4. The van der Waals surface area contributed by atoms with Gasteiger partial charge in [-0.2, -0.15) is 0 Å². The van der Waals surface area contributed by atoms with E-state index in [1.807, 2.05) is 48.5 Å². The summed E-state index contributed by atoms with van der Waals surface area (Å²) in [6.45, 7) is 9.13. The number of aromatic nitrogens is 3. The molecule has 61 heavy (non-hydrogen) atoms. The van der Waals surface area contributed by atoms with Crippen molar-refractivity contribution in [2.24, 2.45) is 0 Å². The smallest absolute Gasteiger partial charge is 0.0914 e. The molecular formula is C56H51IrN3O-2. The van der Waals surface area contributed by atoms with Crippen LogP contribution in [0.1, 0.15) is 94.2 Å². The van der Waals surface area contributed by atoms with Crippen molar-refractivity contribution in [3.63, 3.8) is 0 Å². The molecule has 0 spiro atoms. The summed E-state index contributed by atoms with van der Waals surface area (Å²) in [5.41, 5.74) is 14.5. The Morgan fingerprint density at radius 1 is 0.656 bits per heavy atom. The van der Waals surface area contributed by atoms with E-state index < -0.39 is 0 Å². The second kappa shape index (κ2) is 18.8. The minimum absolute atomic E-state index is 0. The maximum absolute atomic E-state index is 6.69. The molecule has 1 saturated carbocycles. The van der Waals surface area contributed by atoms with Crippen LogP contribution < -0.4 is 0 Å². The molecule has 1 radical (unpaired) electrons. The van der Waals surface area contributed by atoms with E-state index in [4.69, 9.17) is 9.40 Å². The molecule has 9 aromatic rings. The molecule has 0 saturated heterocycles. The zero-order chi connectivity index (χ0) is 41.0. The number of furan rings is 1. The number of imidazole rings is 1. The number of pyridine rings is 1. The van der Waals surface area contributed by atoms with E-state index in [1.54, 1.807) is 6.20 Å². The third kappa shape index (κ3) is 8.82. The van der Waals surface area contributed by atoms with Crippen molar-refractivity contribution < 1.29 is 24.5 Å². The molecule has 0 amide bonds. The minimum Gasteiger partial charge on any atom is -0.499 e. The second-order valence-corrected chi connectivity index (χ2v) is 16.6. The fraction of sp³-hybridized carbons (Fsp3) is 0.214. The van der Waals surface area contributed by atoms with Crippen LogP contribution in [0.2, 0.25) is 0 Å². The molecule has 0 atom stereocenters. The molecule has 4 nitrogen and oxygen atoms in total. The first-order valence-corrected chi connectivity index (χ1v) is 21.6. The Kier molecular flexibility index (Phi) is 12.9. The number of hydrogen-bond acceptors (Lipinski definition) is 3. The summed E-state index contributed by atoms with van der Waals surface area (Å²) in [5.74, 6) is 3.10. The summed E-state index contributed by atoms with van der Waals surface area (Å²) >= 11 is 0. The number of para-hydroxylation sites is 3. The van der Waals surface area contributed by atoms with Gasteiger partial charge in [0.2, 0.25) is 0 Å². The second-order valence-electron chi connectivity index (χ2n) is 16.6. The average Bonchev–Trinajstić information content (AvgIpc) is 3.92. The number of fused-ring (bicyclic) bond motifs is 2. The summed E-state index contributed by atoms with van der Waals surface area (Å²) in [7, 11) is 0. The molecule has 0 unspecified atom stereocenters. The van der Waals surface area contributed by atoms with Crippen molar-refractivity contribution in [3.8, 4) is 50.8 Å². The van der Waals surface area contributed by atoms with Crippen LogP contribution in [0.3, 0.4) is 0 Å². The van der Waals surface area contributed by atoms with Crippen LogP contribution in [0.25, 0.3) is 72.8 Å². The first kappa shape index (κ1) is 41.8. The average molecular weight is 974 g/mol. The third-order valence-electron chi connectivity index (χ3n) is 11.9. The van der Waals surface area contributed by atoms with E-state index in [9.17, 15) is 0 Å². The number of nitrogens with zero attached hydrogens (tertiary/aromatic N) is 3. The molecular weight excluding hydrogens is 923 g/mol. The fourth-order valence-corrected chi connectivity index (χ4v) is 8.80. The largest absolute Gasteiger partial charge is 0.499 e. The molecule has 1 aliphatic carbocycles. The van der Waals surface area contributed by atoms with Crippen LogP contribution >= 0.6 is 0 Å². The first-order valence-electron chi connectivity index (χ1n) is 21.6. The van der Waals surface area contributed by atoms with Crippen molar-refractivity contribution in [1.82, 2.24) is 14.5 Å². The van der Waals surface area contributed by atoms with Crippen molar-refractivity contribution in [2.75, 3.05) is 0 Å². The molecule has 3 aromatic heterocycles. The summed E-state index contributed by atoms with van der Waals surface area (Å²) in [5, 5.41) is 0.956. The molecule has 6 aromatic carbocycles. The van der Waals surface area contributed by atoms with Crippen molar-refractivity contribution in [3.05, 3.63) is 187 Å². The van der Waals surface area contributed by atoms with Crippen LogP contribution in [-0.2, 0) is 20.1 Å². The minimum atomic E-state index is 0. The maximum Gasteiger partial charge on any atom is 0.0914 e. The summed E-state index contributed by atoms with van der Waals surface area (Å²) < 4.78 is 9.09. The van der Waals surface area contributed by atoms with Crippen molar-refractivity contribution >= 4 is 22.0 Å². The standard InChI is InChI=1S/C45H43N2O.C11H8N.Ir/c1-29(2)37-18-13-19-38(30(3)4)43(37)47-41-21-12-11-20-40(41)46-45(47)36-26-35-28-42(34-16-9-6-10-17-34)48-44(35)39(27-36)33-24-22-32(23-25-33)31-14-7-5-8-15-31;1-2-6-10(7-3-1)11-8-4-5-9-12-11;/h6,9-13,16-25,27-31H,5,7-8,14-15H2,1-4H3;1-6,8-9H;/q2*-1;. The van der Waals surface area contributed by atoms with Gasteiger partial charge in [-0.05, 0) is 82.3 Å². The van der Waals surface area contributed by atoms with E-state index in [1.165, 1.54) is 54.5 Å². The third-order valence-corrected chi connectivity index (χ3v) is 11.9. The topological polar surface area (TPSA) is 43.9 Å². The Morgan fingerprint density at radius 2 is 1.36 bits per heavy atom. The Hall–Kier alpha value is -5.87. The van der Waals surface area contributed by atoms with Crippen LogP contribution in [0.4, 0.5) is 0 Å². The van der Waals surface area contributed by atoms with E-state index in [2.05, 4.69) is 153 Å². The molecule has 1 fully saturated rings. The molecule has 10 rings (SSSR count). The van der Waals surface area contributed by atoms with Gasteiger partial charge in [0.1, 0.15) is 0 Å². The summed E-state index contributed by atoms with van der Waals surface area (Å²) in [6.07, 6.45) is 8.40. The van der Waals surface area contributed by atoms with Crippen LogP contribution in [0.15, 0.2) is 162 Å². The van der Waals surface area contributed by atoms with Gasteiger partial charge in [0, 0.05) is 37.6 Å². The molecule has 0 aliphatic heterocycles. The van der Waals surface area contributed by atoms with E-state index in [0.29, 0.717) is 17.8 Å². The molecule has 1 aliphatic rings. The molecule has 3 heterocycles.